The highest BCUT2D eigenvalue weighted by Gasteiger charge is 2.24. The number of carbonyl (C=O) groups is 1. The van der Waals surface area contributed by atoms with Crippen LogP contribution in [-0.4, -0.2) is 16.0 Å². The first-order valence-electron chi connectivity index (χ1n) is 8.02. The number of furan rings is 1. The van der Waals surface area contributed by atoms with E-state index in [9.17, 15) is 4.79 Å². The fraction of sp³-hybridized carbons (Fsp3) is 0.278. The number of rotatable bonds is 6. The van der Waals surface area contributed by atoms with E-state index in [2.05, 4.69) is 15.5 Å². The van der Waals surface area contributed by atoms with Gasteiger partial charge < -0.3 is 14.3 Å². The molecule has 0 spiro atoms. The van der Waals surface area contributed by atoms with Gasteiger partial charge in [0.15, 0.2) is 5.76 Å². The van der Waals surface area contributed by atoms with Gasteiger partial charge in [-0.3, -0.25) is 4.79 Å². The van der Waals surface area contributed by atoms with Crippen molar-refractivity contribution in [1.82, 2.24) is 10.1 Å². The summed E-state index contributed by atoms with van der Waals surface area (Å²) in [5, 5.41) is 6.92. The molecule has 1 aromatic carbocycles. The maximum Gasteiger partial charge on any atom is 0.238 e. The first kappa shape index (κ1) is 14.7. The minimum absolute atomic E-state index is 0.0618. The molecular weight excluding hydrogens is 306 g/mol. The number of nitrogens with zero attached hydrogens (tertiary/aromatic N) is 2. The number of hydrogen-bond donors (Lipinski definition) is 1. The molecule has 1 N–H and O–H groups in total. The van der Waals surface area contributed by atoms with Crippen molar-refractivity contribution in [3.63, 3.8) is 0 Å². The van der Waals surface area contributed by atoms with Crippen LogP contribution in [0.5, 0.6) is 0 Å². The van der Waals surface area contributed by atoms with E-state index >= 15 is 0 Å². The van der Waals surface area contributed by atoms with E-state index in [4.69, 9.17) is 8.94 Å². The lowest BCUT2D eigenvalue weighted by atomic mass is 10.1. The molecule has 0 unspecified atom stereocenters. The Morgan fingerprint density at radius 2 is 2.08 bits per heavy atom. The fourth-order valence-corrected chi connectivity index (χ4v) is 2.58. The molecule has 6 heteroatoms. The average Bonchev–Trinajstić information content (AvgIpc) is 3.04. The molecule has 3 aromatic rings. The summed E-state index contributed by atoms with van der Waals surface area (Å²) < 4.78 is 10.6. The second kappa shape index (κ2) is 6.31. The van der Waals surface area contributed by atoms with Gasteiger partial charge in [0.05, 0.1) is 12.7 Å². The Morgan fingerprint density at radius 3 is 2.88 bits per heavy atom. The summed E-state index contributed by atoms with van der Waals surface area (Å²) in [4.78, 5) is 16.4. The van der Waals surface area contributed by atoms with Crippen LogP contribution in [0.25, 0.3) is 11.6 Å². The normalized spacial score (nSPS) is 13.8. The maximum absolute atomic E-state index is 12.1. The summed E-state index contributed by atoms with van der Waals surface area (Å²) in [5.41, 5.74) is 1.73. The van der Waals surface area contributed by atoms with Gasteiger partial charge in [-0.05, 0) is 42.5 Å². The topological polar surface area (TPSA) is 81.2 Å². The van der Waals surface area contributed by atoms with Crippen LogP contribution < -0.4 is 5.32 Å². The highest BCUT2D eigenvalue weighted by atomic mass is 16.5. The molecule has 24 heavy (non-hydrogen) atoms. The minimum atomic E-state index is 0.0618. The zero-order valence-electron chi connectivity index (χ0n) is 13.1. The first-order chi connectivity index (χ1) is 11.8. The van der Waals surface area contributed by atoms with Crippen LogP contribution in [-0.2, 0) is 11.2 Å². The number of amides is 1. The van der Waals surface area contributed by atoms with E-state index in [0.29, 0.717) is 36.2 Å². The van der Waals surface area contributed by atoms with Crippen molar-refractivity contribution in [2.45, 2.75) is 25.7 Å². The molecule has 122 valence electrons. The minimum Gasteiger partial charge on any atom is -0.461 e. The highest BCUT2D eigenvalue weighted by molar-refractivity contribution is 5.91. The Bertz CT molecular complexity index is 835. The molecule has 0 radical (unpaired) electrons. The Kier molecular flexibility index (Phi) is 3.86. The number of para-hydroxylation sites is 1. The quantitative estimate of drug-likeness (QED) is 0.748. The predicted molar refractivity (Wildman–Crippen MR) is 87.2 cm³/mol. The number of aromatic nitrogens is 2. The van der Waals surface area contributed by atoms with Gasteiger partial charge in [0.2, 0.25) is 17.6 Å². The smallest absolute Gasteiger partial charge is 0.238 e. The fourth-order valence-electron chi connectivity index (χ4n) is 2.58. The molecule has 0 bridgehead atoms. The van der Waals surface area contributed by atoms with E-state index in [0.717, 1.165) is 24.1 Å². The van der Waals surface area contributed by atoms with Crippen LogP contribution in [0.15, 0.2) is 51.6 Å². The molecule has 1 saturated carbocycles. The van der Waals surface area contributed by atoms with Crippen LogP contribution in [0, 0.1) is 5.92 Å². The van der Waals surface area contributed by atoms with Crippen molar-refractivity contribution in [3.05, 3.63) is 54.1 Å². The van der Waals surface area contributed by atoms with Gasteiger partial charge in [-0.2, -0.15) is 4.98 Å². The molecule has 1 aliphatic rings. The Labute approximate surface area is 138 Å². The first-order valence-corrected chi connectivity index (χ1v) is 8.02. The van der Waals surface area contributed by atoms with Gasteiger partial charge in [-0.15, -0.1) is 0 Å². The number of hydrogen-bond acceptors (Lipinski definition) is 5. The molecule has 1 aliphatic carbocycles. The number of nitrogens with one attached hydrogen (secondary N) is 1. The summed E-state index contributed by atoms with van der Waals surface area (Å²) >= 11 is 0. The second-order valence-electron chi connectivity index (χ2n) is 6.02. The largest absolute Gasteiger partial charge is 0.461 e. The van der Waals surface area contributed by atoms with Crippen LogP contribution >= 0.6 is 0 Å². The van der Waals surface area contributed by atoms with Crippen molar-refractivity contribution in [2.75, 3.05) is 5.32 Å². The Morgan fingerprint density at radius 1 is 1.21 bits per heavy atom. The third-order valence-corrected chi connectivity index (χ3v) is 4.01. The zero-order valence-corrected chi connectivity index (χ0v) is 13.1. The van der Waals surface area contributed by atoms with E-state index in [1.807, 2.05) is 24.3 Å². The van der Waals surface area contributed by atoms with Crippen LogP contribution in [0.4, 0.5) is 5.69 Å². The lowest BCUT2D eigenvalue weighted by Gasteiger charge is -2.09. The monoisotopic (exact) mass is 323 g/mol. The summed E-state index contributed by atoms with van der Waals surface area (Å²) in [6.07, 6.45) is 4.93. The van der Waals surface area contributed by atoms with Crippen molar-refractivity contribution in [2.24, 2.45) is 5.92 Å². The summed E-state index contributed by atoms with van der Waals surface area (Å²) in [7, 11) is 0. The molecule has 6 nitrogen and oxygen atoms in total. The third kappa shape index (κ3) is 3.37. The summed E-state index contributed by atoms with van der Waals surface area (Å²) in [5.74, 6) is 2.09. The number of anilines is 1. The van der Waals surface area contributed by atoms with E-state index in [1.165, 1.54) is 0 Å². The SMILES string of the molecule is O=C(CC1CC1)Nc1ccccc1Cc1nc(-c2ccco2)no1. The van der Waals surface area contributed by atoms with Crippen molar-refractivity contribution in [1.29, 1.82) is 0 Å². The van der Waals surface area contributed by atoms with Gasteiger partial charge in [0, 0.05) is 12.1 Å². The Hall–Kier alpha value is -2.89. The van der Waals surface area contributed by atoms with Gasteiger partial charge in [0.25, 0.3) is 0 Å². The van der Waals surface area contributed by atoms with Crippen LogP contribution in [0.2, 0.25) is 0 Å². The molecule has 2 aromatic heterocycles. The molecule has 1 fully saturated rings. The second-order valence-corrected chi connectivity index (χ2v) is 6.02. The van der Waals surface area contributed by atoms with Gasteiger partial charge in [0.1, 0.15) is 0 Å². The van der Waals surface area contributed by atoms with Gasteiger partial charge >= 0.3 is 0 Å². The molecule has 1 amide bonds. The molecule has 2 heterocycles. The van der Waals surface area contributed by atoms with Gasteiger partial charge in [-0.25, -0.2) is 0 Å². The van der Waals surface area contributed by atoms with E-state index < -0.39 is 0 Å². The molecule has 4 rings (SSSR count). The predicted octanol–water partition coefficient (Wildman–Crippen LogP) is 3.66. The lowest BCUT2D eigenvalue weighted by molar-refractivity contribution is -0.116. The number of carbonyl (C=O) groups excluding carboxylic acids is 1. The van der Waals surface area contributed by atoms with Crippen LogP contribution in [0.1, 0.15) is 30.7 Å². The maximum atomic E-state index is 12.1. The lowest BCUT2D eigenvalue weighted by Crippen LogP contribution is -2.13. The standard InChI is InChI=1S/C18H17N3O3/c22-16(10-12-7-8-12)19-14-5-2-1-4-13(14)11-17-20-18(21-24-17)15-6-3-9-23-15/h1-6,9,12H,7-8,10-11H2,(H,19,22). The molecule has 0 saturated heterocycles. The third-order valence-electron chi connectivity index (χ3n) is 4.01. The summed E-state index contributed by atoms with van der Waals surface area (Å²) in [6.45, 7) is 0. The molecular formula is C18H17N3O3. The average molecular weight is 323 g/mol. The molecule has 0 atom stereocenters. The highest BCUT2D eigenvalue weighted by Crippen LogP contribution is 2.32. The van der Waals surface area contributed by atoms with Crippen LogP contribution in [0.3, 0.4) is 0 Å². The van der Waals surface area contributed by atoms with E-state index in [-0.39, 0.29) is 5.91 Å². The van der Waals surface area contributed by atoms with Crippen molar-refractivity contribution < 1.29 is 13.7 Å². The molecule has 0 aliphatic heterocycles. The van der Waals surface area contributed by atoms with Crippen molar-refractivity contribution in [3.8, 4) is 11.6 Å². The zero-order chi connectivity index (χ0) is 16.4. The Balaban J connectivity index is 1.49. The van der Waals surface area contributed by atoms with E-state index in [1.54, 1.807) is 18.4 Å². The van der Waals surface area contributed by atoms with Gasteiger partial charge in [-0.1, -0.05) is 23.4 Å². The summed E-state index contributed by atoms with van der Waals surface area (Å²) in [6, 6.07) is 11.2. The number of benzene rings is 1. The van der Waals surface area contributed by atoms with Crippen molar-refractivity contribution >= 4 is 11.6 Å².